The molecule has 1 aliphatic rings. The van der Waals surface area contributed by atoms with Crippen LogP contribution in [0.1, 0.15) is 5.56 Å². The van der Waals surface area contributed by atoms with Gasteiger partial charge >= 0.3 is 0 Å². The number of nitrogens with one attached hydrogen (secondary N) is 1. The largest absolute Gasteiger partial charge is 0.311 e. The number of pyridine rings is 1. The van der Waals surface area contributed by atoms with Crippen LogP contribution in [0.15, 0.2) is 24.5 Å². The summed E-state index contributed by atoms with van der Waals surface area (Å²) in [5.74, 6) is 2.51. The lowest BCUT2D eigenvalue weighted by Gasteiger charge is -2.27. The predicted octanol–water partition coefficient (Wildman–Crippen LogP) is 1.26. The van der Waals surface area contributed by atoms with E-state index < -0.39 is 0 Å². The van der Waals surface area contributed by atoms with Gasteiger partial charge in [-0.1, -0.05) is 0 Å². The van der Waals surface area contributed by atoms with Gasteiger partial charge in [-0.2, -0.15) is 11.8 Å². The lowest BCUT2D eigenvalue weighted by atomic mass is 10.2. The number of aromatic nitrogens is 1. The van der Waals surface area contributed by atoms with Crippen LogP contribution >= 0.6 is 11.8 Å². The van der Waals surface area contributed by atoms with Gasteiger partial charge in [0.15, 0.2) is 0 Å². The minimum absolute atomic E-state index is 0.663. The molecule has 3 nitrogen and oxygen atoms in total. The maximum atomic E-state index is 4.04. The van der Waals surface area contributed by atoms with Crippen LogP contribution in [-0.2, 0) is 6.42 Å². The van der Waals surface area contributed by atoms with E-state index in [0.717, 1.165) is 26.1 Å². The lowest BCUT2D eigenvalue weighted by molar-refractivity contribution is 0.302. The zero-order chi connectivity index (χ0) is 11.9. The first-order chi connectivity index (χ1) is 8.34. The van der Waals surface area contributed by atoms with Crippen LogP contribution in [-0.4, -0.2) is 54.1 Å². The Morgan fingerprint density at radius 3 is 3.00 bits per heavy atom. The maximum Gasteiger partial charge on any atom is 0.0285 e. The summed E-state index contributed by atoms with van der Waals surface area (Å²) in [5, 5.41) is 3.58. The topological polar surface area (TPSA) is 28.2 Å². The second-order valence-corrected chi connectivity index (χ2v) is 5.74. The molecule has 1 fully saturated rings. The molecule has 0 bridgehead atoms. The van der Waals surface area contributed by atoms with Crippen LogP contribution in [0.5, 0.6) is 0 Å². The SMILES string of the molecule is CN(CCc1ccncc1)CC1CSCCN1. The number of rotatable bonds is 5. The minimum atomic E-state index is 0.663. The van der Waals surface area contributed by atoms with Crippen molar-refractivity contribution in [3.8, 4) is 0 Å². The van der Waals surface area contributed by atoms with E-state index in [-0.39, 0.29) is 0 Å². The van der Waals surface area contributed by atoms with Crippen LogP contribution in [0.25, 0.3) is 0 Å². The van der Waals surface area contributed by atoms with E-state index in [1.165, 1.54) is 17.1 Å². The van der Waals surface area contributed by atoms with Gasteiger partial charge in [-0.3, -0.25) is 4.98 Å². The van der Waals surface area contributed by atoms with Gasteiger partial charge in [0, 0.05) is 49.6 Å². The van der Waals surface area contributed by atoms with Crippen LogP contribution in [0, 0.1) is 0 Å². The molecule has 0 aliphatic carbocycles. The Kier molecular flexibility index (Phi) is 5.29. The average molecular weight is 251 g/mol. The highest BCUT2D eigenvalue weighted by Crippen LogP contribution is 2.08. The Labute approximate surface area is 108 Å². The molecule has 1 unspecified atom stereocenters. The molecule has 1 saturated heterocycles. The fourth-order valence-corrected chi connectivity index (χ4v) is 3.01. The molecule has 1 aromatic rings. The van der Waals surface area contributed by atoms with E-state index in [0.29, 0.717) is 6.04 Å². The Hall–Kier alpha value is -0.580. The van der Waals surface area contributed by atoms with Crippen molar-refractivity contribution in [1.82, 2.24) is 15.2 Å². The van der Waals surface area contributed by atoms with E-state index in [4.69, 9.17) is 0 Å². The standard InChI is InChI=1S/C13H21N3S/c1-16(10-13-11-17-9-7-15-13)8-4-12-2-5-14-6-3-12/h2-3,5-6,13,15H,4,7-11H2,1H3. The number of thioether (sulfide) groups is 1. The normalized spacial score (nSPS) is 20.7. The molecule has 2 rings (SSSR count). The molecule has 4 heteroatoms. The number of hydrogen-bond acceptors (Lipinski definition) is 4. The van der Waals surface area contributed by atoms with Gasteiger partial charge < -0.3 is 10.2 Å². The van der Waals surface area contributed by atoms with Crippen molar-refractivity contribution in [2.24, 2.45) is 0 Å². The second-order valence-electron chi connectivity index (χ2n) is 4.59. The van der Waals surface area contributed by atoms with Gasteiger partial charge in [-0.05, 0) is 31.2 Å². The van der Waals surface area contributed by atoms with Gasteiger partial charge in [0.05, 0.1) is 0 Å². The molecule has 0 radical (unpaired) electrons. The molecule has 1 N–H and O–H groups in total. The fraction of sp³-hybridized carbons (Fsp3) is 0.615. The van der Waals surface area contributed by atoms with Crippen molar-refractivity contribution in [1.29, 1.82) is 0 Å². The third-order valence-electron chi connectivity index (χ3n) is 3.06. The average Bonchev–Trinajstić information content (AvgIpc) is 2.39. The van der Waals surface area contributed by atoms with E-state index in [9.17, 15) is 0 Å². The van der Waals surface area contributed by atoms with Crippen molar-refractivity contribution in [3.63, 3.8) is 0 Å². The highest BCUT2D eigenvalue weighted by atomic mass is 32.2. The third kappa shape index (κ3) is 4.66. The molecule has 0 saturated carbocycles. The lowest BCUT2D eigenvalue weighted by Crippen LogP contribution is -2.45. The first-order valence-corrected chi connectivity index (χ1v) is 7.38. The predicted molar refractivity (Wildman–Crippen MR) is 74.6 cm³/mol. The van der Waals surface area contributed by atoms with Crippen LogP contribution in [0.3, 0.4) is 0 Å². The van der Waals surface area contributed by atoms with Crippen molar-refractivity contribution >= 4 is 11.8 Å². The van der Waals surface area contributed by atoms with Gasteiger partial charge in [0.2, 0.25) is 0 Å². The number of hydrogen-bond donors (Lipinski definition) is 1. The molecule has 1 atom stereocenters. The number of likely N-dealkylation sites (N-methyl/N-ethyl adjacent to an activating group) is 1. The van der Waals surface area contributed by atoms with E-state index in [2.05, 4.69) is 46.1 Å². The van der Waals surface area contributed by atoms with Crippen LogP contribution in [0.4, 0.5) is 0 Å². The molecule has 0 spiro atoms. The van der Waals surface area contributed by atoms with E-state index >= 15 is 0 Å². The summed E-state index contributed by atoms with van der Waals surface area (Å²) < 4.78 is 0. The van der Waals surface area contributed by atoms with Gasteiger partial charge in [-0.15, -0.1) is 0 Å². The molecule has 94 valence electrons. The Balaban J connectivity index is 1.68. The molecule has 17 heavy (non-hydrogen) atoms. The molecule has 0 amide bonds. The summed E-state index contributed by atoms with van der Waals surface area (Å²) in [7, 11) is 2.21. The Morgan fingerprint density at radius 1 is 1.47 bits per heavy atom. The molecule has 2 heterocycles. The first-order valence-electron chi connectivity index (χ1n) is 6.23. The van der Waals surface area contributed by atoms with E-state index in [1.807, 2.05) is 12.4 Å². The van der Waals surface area contributed by atoms with Crippen molar-refractivity contribution in [3.05, 3.63) is 30.1 Å². The van der Waals surface area contributed by atoms with Crippen LogP contribution < -0.4 is 5.32 Å². The van der Waals surface area contributed by atoms with Crippen molar-refractivity contribution in [2.45, 2.75) is 12.5 Å². The molecular formula is C13H21N3S. The Morgan fingerprint density at radius 2 is 2.29 bits per heavy atom. The summed E-state index contributed by atoms with van der Waals surface area (Å²) in [5.41, 5.74) is 1.37. The van der Waals surface area contributed by atoms with Crippen molar-refractivity contribution < 1.29 is 0 Å². The Bertz CT molecular complexity index is 312. The second kappa shape index (κ2) is 6.99. The minimum Gasteiger partial charge on any atom is -0.311 e. The molecular weight excluding hydrogens is 230 g/mol. The van der Waals surface area contributed by atoms with Gasteiger partial charge in [0.25, 0.3) is 0 Å². The zero-order valence-corrected chi connectivity index (χ0v) is 11.2. The summed E-state index contributed by atoms with van der Waals surface area (Å²) in [6, 6.07) is 4.86. The van der Waals surface area contributed by atoms with Crippen molar-refractivity contribution in [2.75, 3.05) is 38.2 Å². The molecule has 1 aliphatic heterocycles. The summed E-state index contributed by atoms with van der Waals surface area (Å²) in [6.45, 7) is 3.43. The smallest absolute Gasteiger partial charge is 0.0285 e. The van der Waals surface area contributed by atoms with E-state index in [1.54, 1.807) is 0 Å². The summed E-state index contributed by atoms with van der Waals surface area (Å²) >= 11 is 2.06. The summed E-state index contributed by atoms with van der Waals surface area (Å²) in [6.07, 6.45) is 4.85. The maximum absolute atomic E-state index is 4.04. The fourth-order valence-electron chi connectivity index (χ4n) is 2.07. The third-order valence-corrected chi connectivity index (χ3v) is 4.19. The molecule has 0 aromatic carbocycles. The van der Waals surface area contributed by atoms with Crippen LogP contribution in [0.2, 0.25) is 0 Å². The molecule has 1 aromatic heterocycles. The number of nitrogens with zero attached hydrogens (tertiary/aromatic N) is 2. The highest BCUT2D eigenvalue weighted by molar-refractivity contribution is 7.99. The summed E-state index contributed by atoms with van der Waals surface area (Å²) in [4.78, 5) is 6.46. The van der Waals surface area contributed by atoms with Gasteiger partial charge in [0.1, 0.15) is 0 Å². The quantitative estimate of drug-likeness (QED) is 0.853. The highest BCUT2D eigenvalue weighted by Gasteiger charge is 2.14. The first kappa shape index (κ1) is 12.9. The monoisotopic (exact) mass is 251 g/mol. The zero-order valence-electron chi connectivity index (χ0n) is 10.4. The van der Waals surface area contributed by atoms with Gasteiger partial charge in [-0.25, -0.2) is 0 Å².